The van der Waals surface area contributed by atoms with Crippen molar-refractivity contribution >= 4 is 0 Å². The van der Waals surface area contributed by atoms with Gasteiger partial charge in [-0.3, -0.25) is 5.32 Å². The summed E-state index contributed by atoms with van der Waals surface area (Å²) in [6.07, 6.45) is -0.517. The van der Waals surface area contributed by atoms with Crippen molar-refractivity contribution in [3.05, 3.63) is 12.2 Å². The van der Waals surface area contributed by atoms with Gasteiger partial charge < -0.3 is 4.74 Å². The van der Waals surface area contributed by atoms with Crippen LogP contribution in [0.4, 0.5) is 4.39 Å². The zero-order valence-corrected chi connectivity index (χ0v) is 6.06. The minimum atomic E-state index is -0.793. The minimum absolute atomic E-state index is 0.146. The number of methoxy groups -OCH3 is 1. The van der Waals surface area contributed by atoms with E-state index < -0.39 is 6.17 Å². The maximum atomic E-state index is 12.6. The second-order valence-electron chi connectivity index (χ2n) is 2.48. The third-order valence-electron chi connectivity index (χ3n) is 1.61. The Morgan fingerprint density at radius 1 is 1.80 bits per heavy atom. The van der Waals surface area contributed by atoms with Crippen LogP contribution in [0.25, 0.3) is 0 Å². The molecule has 1 heterocycles. The first-order chi connectivity index (χ1) is 4.74. The normalized spacial score (nSPS) is 34.4. The summed E-state index contributed by atoms with van der Waals surface area (Å²) in [5.74, 6) is 0. The van der Waals surface area contributed by atoms with Crippen LogP contribution < -0.4 is 5.32 Å². The largest absolute Gasteiger partial charge is 0.363 e. The van der Waals surface area contributed by atoms with Gasteiger partial charge in [0.05, 0.1) is 0 Å². The number of alkyl halides is 1. The smallest absolute Gasteiger partial charge is 0.129 e. The molecule has 0 amide bonds. The number of piperidine rings is 1. The quantitative estimate of drug-likeness (QED) is 0.552. The maximum Gasteiger partial charge on any atom is 0.129 e. The van der Waals surface area contributed by atoms with Gasteiger partial charge in [-0.2, -0.15) is 0 Å². The second-order valence-corrected chi connectivity index (χ2v) is 2.48. The first-order valence-electron chi connectivity index (χ1n) is 3.32. The van der Waals surface area contributed by atoms with Gasteiger partial charge in [0.25, 0.3) is 0 Å². The van der Waals surface area contributed by atoms with Crippen molar-refractivity contribution in [2.45, 2.75) is 18.8 Å². The van der Waals surface area contributed by atoms with Crippen molar-refractivity contribution < 1.29 is 9.13 Å². The standard InChI is InChI=1S/C7H12FNO/c1-5-3-6(8)4-9-7(5)10-2/h6-7,9H,1,3-4H2,2H3. The summed E-state index contributed by atoms with van der Waals surface area (Å²) >= 11 is 0. The molecule has 1 N–H and O–H groups in total. The monoisotopic (exact) mass is 145 g/mol. The predicted octanol–water partition coefficient (Wildman–Crippen LogP) is 0.847. The number of halogens is 1. The molecule has 0 saturated carbocycles. The van der Waals surface area contributed by atoms with Crippen molar-refractivity contribution in [2.75, 3.05) is 13.7 Å². The van der Waals surface area contributed by atoms with Gasteiger partial charge in [-0.05, 0) is 5.57 Å². The topological polar surface area (TPSA) is 21.3 Å². The number of hydrogen-bond donors (Lipinski definition) is 1. The van der Waals surface area contributed by atoms with E-state index >= 15 is 0 Å². The summed E-state index contributed by atoms with van der Waals surface area (Å²) in [4.78, 5) is 0. The Kier molecular flexibility index (Phi) is 2.40. The first-order valence-corrected chi connectivity index (χ1v) is 3.32. The second kappa shape index (κ2) is 3.12. The summed E-state index contributed by atoms with van der Waals surface area (Å²) in [6.45, 7) is 4.06. The van der Waals surface area contributed by atoms with Crippen LogP contribution in [0.3, 0.4) is 0 Å². The van der Waals surface area contributed by atoms with Gasteiger partial charge in [0.1, 0.15) is 12.4 Å². The molecule has 2 atom stereocenters. The molecule has 0 aliphatic carbocycles. The highest BCUT2D eigenvalue weighted by Crippen LogP contribution is 2.15. The molecule has 0 spiro atoms. The lowest BCUT2D eigenvalue weighted by molar-refractivity contribution is 0.0736. The van der Waals surface area contributed by atoms with E-state index in [9.17, 15) is 4.39 Å². The third-order valence-corrected chi connectivity index (χ3v) is 1.61. The van der Waals surface area contributed by atoms with Crippen LogP contribution in [0, 0.1) is 0 Å². The number of ether oxygens (including phenoxy) is 1. The fourth-order valence-corrected chi connectivity index (χ4v) is 1.09. The predicted molar refractivity (Wildman–Crippen MR) is 37.5 cm³/mol. The van der Waals surface area contributed by atoms with Gasteiger partial charge in [0.2, 0.25) is 0 Å². The molecule has 1 aliphatic rings. The lowest BCUT2D eigenvalue weighted by Gasteiger charge is -2.26. The van der Waals surface area contributed by atoms with Crippen molar-refractivity contribution in [3.8, 4) is 0 Å². The van der Waals surface area contributed by atoms with Crippen molar-refractivity contribution in [2.24, 2.45) is 0 Å². The molecule has 0 aromatic carbocycles. The van der Waals surface area contributed by atoms with Crippen molar-refractivity contribution in [1.29, 1.82) is 0 Å². The van der Waals surface area contributed by atoms with Crippen LogP contribution in [0.15, 0.2) is 12.2 Å². The van der Waals surface area contributed by atoms with Gasteiger partial charge in [0, 0.05) is 20.1 Å². The molecular weight excluding hydrogens is 133 g/mol. The van der Waals surface area contributed by atoms with E-state index in [0.717, 1.165) is 5.57 Å². The van der Waals surface area contributed by atoms with Crippen LogP contribution in [-0.4, -0.2) is 26.1 Å². The van der Waals surface area contributed by atoms with Gasteiger partial charge in [-0.25, -0.2) is 4.39 Å². The lowest BCUT2D eigenvalue weighted by atomic mass is 10.1. The number of hydrogen-bond acceptors (Lipinski definition) is 2. The zero-order chi connectivity index (χ0) is 7.56. The van der Waals surface area contributed by atoms with Gasteiger partial charge in [-0.15, -0.1) is 0 Å². The highest BCUT2D eigenvalue weighted by atomic mass is 19.1. The Labute approximate surface area is 60.1 Å². The highest BCUT2D eigenvalue weighted by Gasteiger charge is 2.22. The van der Waals surface area contributed by atoms with E-state index in [1.807, 2.05) is 0 Å². The molecule has 0 aromatic rings. The van der Waals surface area contributed by atoms with E-state index in [1.165, 1.54) is 0 Å². The maximum absolute atomic E-state index is 12.6. The molecule has 58 valence electrons. The number of nitrogens with one attached hydrogen (secondary N) is 1. The summed E-state index contributed by atoms with van der Waals surface area (Å²) in [5, 5.41) is 2.87. The molecule has 2 unspecified atom stereocenters. The van der Waals surface area contributed by atoms with Crippen molar-refractivity contribution in [3.63, 3.8) is 0 Å². The average molecular weight is 145 g/mol. The molecule has 1 rings (SSSR count). The van der Waals surface area contributed by atoms with E-state index in [2.05, 4.69) is 11.9 Å². The SMILES string of the molecule is C=C1CC(F)CNC1OC. The Morgan fingerprint density at radius 3 is 3.00 bits per heavy atom. The molecule has 0 aromatic heterocycles. The van der Waals surface area contributed by atoms with Gasteiger partial charge in [-0.1, -0.05) is 6.58 Å². The first kappa shape index (κ1) is 7.69. The van der Waals surface area contributed by atoms with Crippen LogP contribution in [-0.2, 0) is 4.74 Å². The van der Waals surface area contributed by atoms with E-state index in [1.54, 1.807) is 7.11 Å². The van der Waals surface area contributed by atoms with Crippen LogP contribution in [0.5, 0.6) is 0 Å². The zero-order valence-electron chi connectivity index (χ0n) is 6.06. The van der Waals surface area contributed by atoms with E-state index in [-0.39, 0.29) is 6.23 Å². The molecule has 2 nitrogen and oxygen atoms in total. The fraction of sp³-hybridized carbons (Fsp3) is 0.714. The molecule has 0 radical (unpaired) electrons. The lowest BCUT2D eigenvalue weighted by Crippen LogP contribution is -2.42. The molecule has 3 heteroatoms. The van der Waals surface area contributed by atoms with Gasteiger partial charge in [0.15, 0.2) is 0 Å². The molecule has 1 fully saturated rings. The molecular formula is C7H12FNO. The summed E-state index contributed by atoms with van der Waals surface area (Å²) in [6, 6.07) is 0. The number of rotatable bonds is 1. The fourth-order valence-electron chi connectivity index (χ4n) is 1.09. The van der Waals surface area contributed by atoms with Crippen LogP contribution in [0.2, 0.25) is 0 Å². The van der Waals surface area contributed by atoms with E-state index in [4.69, 9.17) is 4.74 Å². The van der Waals surface area contributed by atoms with E-state index in [0.29, 0.717) is 13.0 Å². The summed E-state index contributed by atoms with van der Waals surface area (Å²) < 4.78 is 17.5. The van der Waals surface area contributed by atoms with Crippen molar-refractivity contribution in [1.82, 2.24) is 5.32 Å². The summed E-state index contributed by atoms with van der Waals surface area (Å²) in [5.41, 5.74) is 0.793. The third kappa shape index (κ3) is 1.55. The van der Waals surface area contributed by atoms with Crippen LogP contribution >= 0.6 is 0 Å². The molecule has 1 saturated heterocycles. The van der Waals surface area contributed by atoms with Gasteiger partial charge >= 0.3 is 0 Å². The minimum Gasteiger partial charge on any atom is -0.363 e. The Morgan fingerprint density at radius 2 is 2.50 bits per heavy atom. The molecule has 10 heavy (non-hydrogen) atoms. The summed E-state index contributed by atoms with van der Waals surface area (Å²) in [7, 11) is 1.58. The Balaban J connectivity index is 2.43. The van der Waals surface area contributed by atoms with Crippen LogP contribution in [0.1, 0.15) is 6.42 Å². The molecule has 0 bridgehead atoms. The Bertz CT molecular complexity index is 138. The molecule has 1 aliphatic heterocycles. The Hall–Kier alpha value is -0.410. The highest BCUT2D eigenvalue weighted by molar-refractivity contribution is 5.06. The average Bonchev–Trinajstić information content (AvgIpc) is 1.88.